The molecule has 0 bridgehead atoms. The van der Waals surface area contributed by atoms with Crippen LogP contribution in [0.25, 0.3) is 0 Å². The highest BCUT2D eigenvalue weighted by molar-refractivity contribution is 6.33. The van der Waals surface area contributed by atoms with Crippen molar-refractivity contribution in [1.82, 2.24) is 0 Å². The molecule has 3 N–H and O–H groups in total. The average molecular weight is 116 g/mol. The molecule has 0 radical (unpaired) electrons. The summed E-state index contributed by atoms with van der Waals surface area (Å²) < 4.78 is 4.41. The van der Waals surface area contributed by atoms with E-state index in [1.165, 1.54) is 0 Å². The van der Waals surface area contributed by atoms with Gasteiger partial charge in [-0.1, -0.05) is 0 Å². The summed E-state index contributed by atoms with van der Waals surface area (Å²) in [4.78, 5) is 9.96. The zero-order chi connectivity index (χ0) is 6.57. The Morgan fingerprint density at radius 1 is 1.88 bits per heavy atom. The van der Waals surface area contributed by atoms with Crippen molar-refractivity contribution in [2.24, 2.45) is 5.73 Å². The van der Waals surface area contributed by atoms with Crippen LogP contribution in [0.3, 0.4) is 0 Å². The van der Waals surface area contributed by atoms with E-state index in [4.69, 9.17) is 5.41 Å². The summed E-state index contributed by atoms with van der Waals surface area (Å²) in [6.45, 7) is 1.99. The van der Waals surface area contributed by atoms with Gasteiger partial charge in [-0.3, -0.25) is 10.2 Å². The molecule has 0 aromatic carbocycles. The van der Waals surface area contributed by atoms with Crippen molar-refractivity contribution >= 4 is 11.8 Å². The molecule has 1 amide bonds. The van der Waals surface area contributed by atoms with Crippen molar-refractivity contribution in [3.63, 3.8) is 0 Å². The molecule has 0 saturated heterocycles. The lowest BCUT2D eigenvalue weighted by Gasteiger charge is -1.96. The number of nitrogens with one attached hydrogen (secondary N) is 1. The number of amides is 1. The first kappa shape index (κ1) is 6.94. The number of nitrogens with two attached hydrogens (primary N) is 1. The van der Waals surface area contributed by atoms with Crippen molar-refractivity contribution in [3.8, 4) is 0 Å². The van der Waals surface area contributed by atoms with Crippen molar-refractivity contribution < 1.29 is 9.53 Å². The standard InChI is InChI=1S/C4H8N2O2/c1-2-8-4(6)3(5)7/h6H,2H2,1H3,(H2,5,7). The first-order chi connectivity index (χ1) is 3.68. The Kier molecular flexibility index (Phi) is 2.61. The van der Waals surface area contributed by atoms with Gasteiger partial charge in [-0.2, -0.15) is 0 Å². The fraction of sp³-hybridized carbons (Fsp3) is 0.500. The lowest BCUT2D eigenvalue weighted by molar-refractivity contribution is -0.113. The number of carbonyl (C=O) groups excluding carboxylic acids is 1. The molecule has 0 heterocycles. The maximum atomic E-state index is 9.96. The maximum absolute atomic E-state index is 9.96. The third kappa shape index (κ3) is 2.17. The Labute approximate surface area is 47.1 Å². The van der Waals surface area contributed by atoms with Gasteiger partial charge in [0.1, 0.15) is 0 Å². The van der Waals surface area contributed by atoms with Gasteiger partial charge in [0.15, 0.2) is 0 Å². The summed E-state index contributed by atoms with van der Waals surface area (Å²) >= 11 is 0. The van der Waals surface area contributed by atoms with Gasteiger partial charge >= 0.3 is 5.91 Å². The van der Waals surface area contributed by atoms with Crippen LogP contribution in [0.1, 0.15) is 6.92 Å². The summed E-state index contributed by atoms with van der Waals surface area (Å²) in [5.74, 6) is -1.31. The van der Waals surface area contributed by atoms with Gasteiger partial charge < -0.3 is 10.5 Å². The quantitative estimate of drug-likeness (QED) is 0.357. The summed E-state index contributed by atoms with van der Waals surface area (Å²) in [7, 11) is 0. The van der Waals surface area contributed by atoms with Crippen LogP contribution in [0.15, 0.2) is 0 Å². The lowest BCUT2D eigenvalue weighted by Crippen LogP contribution is -2.24. The topological polar surface area (TPSA) is 76.2 Å². The highest BCUT2D eigenvalue weighted by Crippen LogP contribution is 1.73. The van der Waals surface area contributed by atoms with E-state index in [1.807, 2.05) is 0 Å². The molecular weight excluding hydrogens is 108 g/mol. The Morgan fingerprint density at radius 2 is 2.38 bits per heavy atom. The van der Waals surface area contributed by atoms with E-state index in [0.717, 1.165) is 0 Å². The highest BCUT2D eigenvalue weighted by Gasteiger charge is 2.01. The zero-order valence-electron chi connectivity index (χ0n) is 4.60. The fourth-order valence-electron chi connectivity index (χ4n) is 0.215. The molecule has 0 unspecified atom stereocenters. The summed E-state index contributed by atoms with van der Waals surface area (Å²) in [5, 5.41) is 6.65. The number of carbonyl (C=O) groups is 1. The van der Waals surface area contributed by atoms with Crippen LogP contribution in [-0.2, 0) is 9.53 Å². The van der Waals surface area contributed by atoms with Crippen molar-refractivity contribution in [2.45, 2.75) is 6.92 Å². The molecule has 0 spiro atoms. The minimum absolute atomic E-state index is 0.307. The molecule has 0 fully saturated rings. The molecule has 0 aliphatic heterocycles. The molecule has 0 aromatic rings. The number of hydrogen-bond donors (Lipinski definition) is 2. The number of rotatable bonds is 1. The van der Waals surface area contributed by atoms with Gasteiger partial charge in [0.05, 0.1) is 6.61 Å². The first-order valence-corrected chi connectivity index (χ1v) is 2.19. The van der Waals surface area contributed by atoms with Crippen LogP contribution in [-0.4, -0.2) is 18.4 Å². The average Bonchev–Trinajstić information content (AvgIpc) is 1.67. The molecule has 4 heteroatoms. The van der Waals surface area contributed by atoms with Crippen LogP contribution in [0, 0.1) is 5.41 Å². The van der Waals surface area contributed by atoms with Crippen molar-refractivity contribution in [3.05, 3.63) is 0 Å². The van der Waals surface area contributed by atoms with Gasteiger partial charge in [0.2, 0.25) is 0 Å². The number of primary amides is 1. The predicted octanol–water partition coefficient (Wildman–Crippen LogP) is -0.515. The minimum atomic E-state index is -0.827. The maximum Gasteiger partial charge on any atom is 0.303 e. The second-order valence-electron chi connectivity index (χ2n) is 1.13. The van der Waals surface area contributed by atoms with Crippen molar-refractivity contribution in [1.29, 1.82) is 5.41 Å². The zero-order valence-corrected chi connectivity index (χ0v) is 4.60. The van der Waals surface area contributed by atoms with E-state index < -0.39 is 11.8 Å². The monoisotopic (exact) mass is 116 g/mol. The van der Waals surface area contributed by atoms with E-state index in [0.29, 0.717) is 6.61 Å². The predicted molar refractivity (Wildman–Crippen MR) is 28.5 cm³/mol. The second kappa shape index (κ2) is 3.01. The van der Waals surface area contributed by atoms with Gasteiger partial charge in [-0.15, -0.1) is 0 Å². The Hall–Kier alpha value is -1.06. The van der Waals surface area contributed by atoms with Gasteiger partial charge in [0.25, 0.3) is 5.90 Å². The summed E-state index contributed by atoms with van der Waals surface area (Å²) in [5.41, 5.74) is 4.63. The molecular formula is C4H8N2O2. The van der Waals surface area contributed by atoms with Crippen LogP contribution in [0.4, 0.5) is 0 Å². The second-order valence-corrected chi connectivity index (χ2v) is 1.13. The fourth-order valence-corrected chi connectivity index (χ4v) is 0.215. The van der Waals surface area contributed by atoms with E-state index in [2.05, 4.69) is 10.5 Å². The molecule has 0 atom stereocenters. The van der Waals surface area contributed by atoms with Crippen LogP contribution in [0.2, 0.25) is 0 Å². The highest BCUT2D eigenvalue weighted by atomic mass is 16.5. The normalized spacial score (nSPS) is 8.12. The van der Waals surface area contributed by atoms with Crippen LogP contribution >= 0.6 is 0 Å². The molecule has 0 aliphatic carbocycles. The van der Waals surface area contributed by atoms with Crippen LogP contribution < -0.4 is 5.73 Å². The smallest absolute Gasteiger partial charge is 0.303 e. The van der Waals surface area contributed by atoms with Crippen molar-refractivity contribution in [2.75, 3.05) is 6.61 Å². The molecule has 4 nitrogen and oxygen atoms in total. The molecule has 8 heavy (non-hydrogen) atoms. The third-order valence-corrected chi connectivity index (χ3v) is 0.512. The van der Waals surface area contributed by atoms with Gasteiger partial charge in [-0.05, 0) is 6.92 Å². The SMILES string of the molecule is CCOC(=N)C(N)=O. The van der Waals surface area contributed by atoms with Gasteiger partial charge in [0, 0.05) is 0 Å². The minimum Gasteiger partial charge on any atom is -0.474 e. The Balaban J connectivity index is 3.49. The largest absolute Gasteiger partial charge is 0.474 e. The van der Waals surface area contributed by atoms with E-state index in [-0.39, 0.29) is 0 Å². The number of ether oxygens (including phenoxy) is 1. The Bertz CT molecular complexity index is 111. The van der Waals surface area contributed by atoms with Crippen LogP contribution in [0.5, 0.6) is 0 Å². The summed E-state index contributed by atoms with van der Waals surface area (Å²) in [6, 6.07) is 0. The lowest BCUT2D eigenvalue weighted by atomic mass is 10.6. The first-order valence-electron chi connectivity index (χ1n) is 2.19. The summed E-state index contributed by atoms with van der Waals surface area (Å²) in [6.07, 6.45) is 0. The van der Waals surface area contributed by atoms with E-state index >= 15 is 0 Å². The van der Waals surface area contributed by atoms with Gasteiger partial charge in [-0.25, -0.2) is 0 Å². The molecule has 46 valence electrons. The van der Waals surface area contributed by atoms with E-state index in [9.17, 15) is 4.79 Å². The molecule has 0 aromatic heterocycles. The molecule has 0 saturated carbocycles. The Morgan fingerprint density at radius 3 is 2.50 bits per heavy atom. The van der Waals surface area contributed by atoms with E-state index in [1.54, 1.807) is 6.92 Å². The molecule has 0 aliphatic rings. The third-order valence-electron chi connectivity index (χ3n) is 0.512. The molecule has 0 rings (SSSR count). The number of hydrogen-bond acceptors (Lipinski definition) is 3.